The van der Waals surface area contributed by atoms with Crippen molar-refractivity contribution in [1.29, 1.82) is 0 Å². The smallest absolute Gasteiger partial charge is 0.243 e. The minimum Gasteiger partial charge on any atom is -0.490 e. The SMILES string of the molecule is C=CCOc1ccc(NC(=O)CNc2cccc(Cl)c2)cc1. The third kappa shape index (κ3) is 5.14. The lowest BCUT2D eigenvalue weighted by Gasteiger charge is -2.09. The summed E-state index contributed by atoms with van der Waals surface area (Å²) in [5.41, 5.74) is 1.51. The molecule has 0 bridgehead atoms. The van der Waals surface area contributed by atoms with E-state index in [1.165, 1.54) is 0 Å². The number of carbonyl (C=O) groups is 1. The molecule has 0 unspecified atom stereocenters. The van der Waals surface area contributed by atoms with Crippen molar-refractivity contribution in [1.82, 2.24) is 0 Å². The molecular weight excluding hydrogens is 300 g/mol. The fraction of sp³-hybridized carbons (Fsp3) is 0.118. The van der Waals surface area contributed by atoms with Crippen LogP contribution in [0.1, 0.15) is 0 Å². The molecule has 22 heavy (non-hydrogen) atoms. The molecule has 4 nitrogen and oxygen atoms in total. The topological polar surface area (TPSA) is 50.4 Å². The minimum absolute atomic E-state index is 0.139. The first kappa shape index (κ1) is 15.9. The summed E-state index contributed by atoms with van der Waals surface area (Å²) in [7, 11) is 0. The van der Waals surface area contributed by atoms with E-state index in [0.717, 1.165) is 11.4 Å². The van der Waals surface area contributed by atoms with Crippen molar-refractivity contribution < 1.29 is 9.53 Å². The van der Waals surface area contributed by atoms with Gasteiger partial charge in [-0.2, -0.15) is 0 Å². The van der Waals surface area contributed by atoms with E-state index in [1.807, 2.05) is 12.1 Å². The molecule has 114 valence electrons. The van der Waals surface area contributed by atoms with E-state index in [0.29, 0.717) is 17.3 Å². The third-order valence-electron chi connectivity index (χ3n) is 2.78. The van der Waals surface area contributed by atoms with Crippen molar-refractivity contribution in [3.63, 3.8) is 0 Å². The molecule has 0 aromatic heterocycles. The highest BCUT2D eigenvalue weighted by atomic mass is 35.5. The van der Waals surface area contributed by atoms with Crippen LogP contribution in [0.2, 0.25) is 5.02 Å². The Morgan fingerprint density at radius 1 is 1.18 bits per heavy atom. The number of anilines is 2. The molecule has 5 heteroatoms. The Hall–Kier alpha value is -2.46. The quantitative estimate of drug-likeness (QED) is 0.760. The van der Waals surface area contributed by atoms with Gasteiger partial charge in [0.25, 0.3) is 0 Å². The van der Waals surface area contributed by atoms with Crippen LogP contribution in [-0.4, -0.2) is 19.1 Å². The highest BCUT2D eigenvalue weighted by Gasteiger charge is 2.03. The lowest BCUT2D eigenvalue weighted by molar-refractivity contribution is -0.114. The van der Waals surface area contributed by atoms with Crippen molar-refractivity contribution in [2.45, 2.75) is 0 Å². The summed E-state index contributed by atoms with van der Waals surface area (Å²) in [6.07, 6.45) is 1.68. The molecule has 0 atom stereocenters. The van der Waals surface area contributed by atoms with Crippen LogP contribution < -0.4 is 15.4 Å². The molecule has 0 saturated heterocycles. The Morgan fingerprint density at radius 2 is 1.95 bits per heavy atom. The molecule has 0 fully saturated rings. The summed E-state index contributed by atoms with van der Waals surface area (Å²) in [6.45, 7) is 4.20. The van der Waals surface area contributed by atoms with Gasteiger partial charge in [-0.05, 0) is 42.5 Å². The maximum absolute atomic E-state index is 11.9. The molecule has 0 heterocycles. The number of benzene rings is 2. The Balaban J connectivity index is 1.82. The van der Waals surface area contributed by atoms with Gasteiger partial charge in [-0.25, -0.2) is 0 Å². The van der Waals surface area contributed by atoms with E-state index >= 15 is 0 Å². The zero-order valence-electron chi connectivity index (χ0n) is 12.0. The molecule has 0 spiro atoms. The van der Waals surface area contributed by atoms with Gasteiger partial charge >= 0.3 is 0 Å². The maximum atomic E-state index is 11.9. The number of halogens is 1. The van der Waals surface area contributed by atoms with Crippen LogP contribution in [0.5, 0.6) is 5.75 Å². The van der Waals surface area contributed by atoms with Crippen LogP contribution in [0.4, 0.5) is 11.4 Å². The minimum atomic E-state index is -0.139. The standard InChI is InChI=1S/C17H17ClN2O2/c1-2-10-22-16-8-6-14(7-9-16)20-17(21)12-19-15-5-3-4-13(18)11-15/h2-9,11,19H,1,10,12H2,(H,20,21). The highest BCUT2D eigenvalue weighted by molar-refractivity contribution is 6.30. The van der Waals surface area contributed by atoms with Crippen LogP contribution in [-0.2, 0) is 4.79 Å². The molecule has 0 radical (unpaired) electrons. The maximum Gasteiger partial charge on any atom is 0.243 e. The molecule has 2 N–H and O–H groups in total. The number of ether oxygens (including phenoxy) is 1. The highest BCUT2D eigenvalue weighted by Crippen LogP contribution is 2.16. The van der Waals surface area contributed by atoms with Gasteiger partial charge in [-0.15, -0.1) is 0 Å². The van der Waals surface area contributed by atoms with E-state index in [4.69, 9.17) is 16.3 Å². The monoisotopic (exact) mass is 316 g/mol. The molecule has 0 saturated carbocycles. The van der Waals surface area contributed by atoms with Gasteiger partial charge in [-0.1, -0.05) is 30.3 Å². The predicted molar refractivity (Wildman–Crippen MR) is 90.7 cm³/mol. The first-order valence-electron chi connectivity index (χ1n) is 6.80. The first-order valence-corrected chi connectivity index (χ1v) is 7.18. The summed E-state index contributed by atoms with van der Waals surface area (Å²) in [5.74, 6) is 0.592. The van der Waals surface area contributed by atoms with Crippen LogP contribution in [0.3, 0.4) is 0 Å². The molecule has 0 aliphatic carbocycles. The van der Waals surface area contributed by atoms with E-state index < -0.39 is 0 Å². The predicted octanol–water partition coefficient (Wildman–Crippen LogP) is 3.96. The Kier molecular flexibility index (Phi) is 5.86. The summed E-state index contributed by atoms with van der Waals surface area (Å²) in [4.78, 5) is 11.9. The number of rotatable bonds is 7. The van der Waals surface area contributed by atoms with Crippen molar-refractivity contribution >= 4 is 28.9 Å². The van der Waals surface area contributed by atoms with Gasteiger partial charge in [0, 0.05) is 16.4 Å². The van der Waals surface area contributed by atoms with E-state index in [9.17, 15) is 4.79 Å². The van der Waals surface area contributed by atoms with E-state index in [-0.39, 0.29) is 12.5 Å². The van der Waals surface area contributed by atoms with Gasteiger partial charge in [-0.3, -0.25) is 4.79 Å². The molecule has 1 amide bonds. The van der Waals surface area contributed by atoms with Gasteiger partial charge < -0.3 is 15.4 Å². The van der Waals surface area contributed by atoms with Gasteiger partial charge in [0.1, 0.15) is 12.4 Å². The van der Waals surface area contributed by atoms with Crippen LogP contribution in [0, 0.1) is 0 Å². The molecule has 2 aromatic carbocycles. The number of hydrogen-bond acceptors (Lipinski definition) is 3. The van der Waals surface area contributed by atoms with Crippen molar-refractivity contribution in [3.05, 3.63) is 66.2 Å². The first-order chi connectivity index (χ1) is 10.7. The van der Waals surface area contributed by atoms with E-state index in [2.05, 4.69) is 17.2 Å². The summed E-state index contributed by atoms with van der Waals surface area (Å²) in [5, 5.41) is 6.44. The van der Waals surface area contributed by atoms with Gasteiger partial charge in [0.2, 0.25) is 5.91 Å². The van der Waals surface area contributed by atoms with Crippen LogP contribution in [0.25, 0.3) is 0 Å². The average molecular weight is 317 g/mol. The Labute approximate surface area is 134 Å². The number of hydrogen-bond donors (Lipinski definition) is 2. The average Bonchev–Trinajstić information content (AvgIpc) is 2.52. The van der Waals surface area contributed by atoms with Crippen molar-refractivity contribution in [2.75, 3.05) is 23.8 Å². The van der Waals surface area contributed by atoms with Crippen LogP contribution >= 0.6 is 11.6 Å². The second kappa shape index (κ2) is 8.10. The molecular formula is C17H17ClN2O2. The third-order valence-corrected chi connectivity index (χ3v) is 3.02. The largest absolute Gasteiger partial charge is 0.490 e. The molecule has 2 aromatic rings. The Bertz CT molecular complexity index is 641. The number of amides is 1. The summed E-state index contributed by atoms with van der Waals surface area (Å²) >= 11 is 5.88. The van der Waals surface area contributed by atoms with Gasteiger partial charge in [0.15, 0.2) is 0 Å². The summed E-state index contributed by atoms with van der Waals surface area (Å²) in [6, 6.07) is 14.4. The summed E-state index contributed by atoms with van der Waals surface area (Å²) < 4.78 is 5.38. The lowest BCUT2D eigenvalue weighted by Crippen LogP contribution is -2.21. The fourth-order valence-electron chi connectivity index (χ4n) is 1.78. The van der Waals surface area contributed by atoms with E-state index in [1.54, 1.807) is 42.5 Å². The molecule has 2 rings (SSSR count). The molecule has 0 aliphatic heterocycles. The zero-order chi connectivity index (χ0) is 15.8. The second-order valence-electron chi connectivity index (χ2n) is 4.54. The lowest BCUT2D eigenvalue weighted by atomic mass is 10.3. The number of carbonyl (C=O) groups excluding carboxylic acids is 1. The molecule has 0 aliphatic rings. The zero-order valence-corrected chi connectivity index (χ0v) is 12.8. The fourth-order valence-corrected chi connectivity index (χ4v) is 1.97. The van der Waals surface area contributed by atoms with Crippen molar-refractivity contribution in [3.8, 4) is 5.75 Å². The van der Waals surface area contributed by atoms with Gasteiger partial charge in [0.05, 0.1) is 6.54 Å². The normalized spacial score (nSPS) is 9.86. The second-order valence-corrected chi connectivity index (χ2v) is 4.97. The number of nitrogens with one attached hydrogen (secondary N) is 2. The van der Waals surface area contributed by atoms with Crippen molar-refractivity contribution in [2.24, 2.45) is 0 Å². The Morgan fingerprint density at radius 3 is 2.64 bits per heavy atom. The van der Waals surface area contributed by atoms with Crippen LogP contribution in [0.15, 0.2) is 61.2 Å².